The van der Waals surface area contributed by atoms with Crippen LogP contribution >= 0.6 is 11.6 Å². The van der Waals surface area contributed by atoms with Crippen molar-refractivity contribution in [2.45, 2.75) is 0 Å². The molecule has 18 heavy (non-hydrogen) atoms. The molecule has 0 bridgehead atoms. The second-order valence-corrected chi connectivity index (χ2v) is 4.34. The average Bonchev–Trinajstić information content (AvgIpc) is 2.41. The first-order valence-corrected chi connectivity index (χ1v) is 5.85. The highest BCUT2D eigenvalue weighted by atomic mass is 35.5. The Morgan fingerprint density at radius 2 is 1.83 bits per heavy atom. The van der Waals surface area contributed by atoms with Crippen molar-refractivity contribution >= 4 is 28.9 Å². The third kappa shape index (κ3) is 2.46. The highest BCUT2D eigenvalue weighted by Gasteiger charge is 2.13. The summed E-state index contributed by atoms with van der Waals surface area (Å²) in [5.74, 6) is -0.121. The SMILES string of the molecule is CN(C(=O)c1ccc(Cl)c(N)c1)c1ccccc1. The second kappa shape index (κ2) is 5.10. The number of nitrogen functional groups attached to an aromatic ring is 1. The minimum Gasteiger partial charge on any atom is -0.398 e. The zero-order chi connectivity index (χ0) is 13.1. The molecule has 92 valence electrons. The predicted molar refractivity (Wildman–Crippen MR) is 75.0 cm³/mol. The number of rotatable bonds is 2. The molecule has 0 unspecified atom stereocenters. The second-order valence-electron chi connectivity index (χ2n) is 3.94. The number of anilines is 2. The molecule has 0 aliphatic rings. The Morgan fingerprint density at radius 1 is 1.17 bits per heavy atom. The van der Waals surface area contributed by atoms with Crippen molar-refractivity contribution in [1.29, 1.82) is 0 Å². The van der Waals surface area contributed by atoms with Crippen molar-refractivity contribution in [3.05, 3.63) is 59.1 Å². The van der Waals surface area contributed by atoms with E-state index in [1.807, 2.05) is 30.3 Å². The van der Waals surface area contributed by atoms with Crippen molar-refractivity contribution < 1.29 is 4.79 Å². The third-order valence-corrected chi connectivity index (χ3v) is 3.04. The molecule has 0 saturated heterocycles. The Morgan fingerprint density at radius 3 is 2.44 bits per heavy atom. The van der Waals surface area contributed by atoms with Gasteiger partial charge < -0.3 is 10.6 Å². The van der Waals surface area contributed by atoms with Gasteiger partial charge in [-0.05, 0) is 30.3 Å². The predicted octanol–water partition coefficient (Wildman–Crippen LogP) is 3.20. The molecule has 0 atom stereocenters. The summed E-state index contributed by atoms with van der Waals surface area (Å²) in [6.45, 7) is 0. The van der Waals surface area contributed by atoms with E-state index < -0.39 is 0 Å². The molecule has 0 radical (unpaired) electrons. The highest BCUT2D eigenvalue weighted by Crippen LogP contribution is 2.21. The minimum atomic E-state index is -0.121. The van der Waals surface area contributed by atoms with Gasteiger partial charge in [0.2, 0.25) is 0 Å². The lowest BCUT2D eigenvalue weighted by molar-refractivity contribution is 0.0993. The van der Waals surface area contributed by atoms with Gasteiger partial charge in [-0.3, -0.25) is 4.79 Å². The minimum absolute atomic E-state index is 0.121. The van der Waals surface area contributed by atoms with Crippen LogP contribution in [-0.2, 0) is 0 Å². The van der Waals surface area contributed by atoms with E-state index in [9.17, 15) is 4.79 Å². The van der Waals surface area contributed by atoms with Crippen LogP contribution in [0.4, 0.5) is 11.4 Å². The van der Waals surface area contributed by atoms with Crippen LogP contribution in [0.1, 0.15) is 10.4 Å². The first kappa shape index (κ1) is 12.5. The standard InChI is InChI=1S/C14H13ClN2O/c1-17(11-5-3-2-4-6-11)14(18)10-7-8-12(15)13(16)9-10/h2-9H,16H2,1H3. The van der Waals surface area contributed by atoms with Gasteiger partial charge in [0, 0.05) is 18.3 Å². The number of carbonyl (C=O) groups is 1. The lowest BCUT2D eigenvalue weighted by Crippen LogP contribution is -2.26. The van der Waals surface area contributed by atoms with Crippen molar-refractivity contribution in [3.8, 4) is 0 Å². The zero-order valence-corrected chi connectivity index (χ0v) is 10.7. The van der Waals surface area contributed by atoms with E-state index >= 15 is 0 Å². The lowest BCUT2D eigenvalue weighted by atomic mass is 10.1. The molecule has 2 N–H and O–H groups in total. The van der Waals surface area contributed by atoms with Gasteiger partial charge in [0.15, 0.2) is 0 Å². The molecule has 0 heterocycles. The number of carbonyl (C=O) groups excluding carboxylic acids is 1. The third-order valence-electron chi connectivity index (χ3n) is 2.69. The Bertz CT molecular complexity index is 569. The summed E-state index contributed by atoms with van der Waals surface area (Å²) >= 11 is 5.83. The molecule has 3 nitrogen and oxygen atoms in total. The first-order valence-electron chi connectivity index (χ1n) is 5.47. The van der Waals surface area contributed by atoms with Crippen LogP contribution in [0.2, 0.25) is 5.02 Å². The molecule has 2 aromatic carbocycles. The van der Waals surface area contributed by atoms with Crippen LogP contribution in [0.25, 0.3) is 0 Å². The summed E-state index contributed by atoms with van der Waals surface area (Å²) in [5.41, 5.74) is 7.45. The molecule has 0 aromatic heterocycles. The van der Waals surface area contributed by atoms with Gasteiger partial charge >= 0.3 is 0 Å². The molecule has 1 amide bonds. The van der Waals surface area contributed by atoms with Crippen LogP contribution in [-0.4, -0.2) is 13.0 Å². The van der Waals surface area contributed by atoms with E-state index in [2.05, 4.69) is 0 Å². The Balaban J connectivity index is 2.29. The van der Waals surface area contributed by atoms with Crippen LogP contribution in [0.15, 0.2) is 48.5 Å². The van der Waals surface area contributed by atoms with Gasteiger partial charge in [-0.15, -0.1) is 0 Å². The van der Waals surface area contributed by atoms with E-state index in [0.717, 1.165) is 5.69 Å². The van der Waals surface area contributed by atoms with E-state index in [0.29, 0.717) is 16.3 Å². The molecule has 2 rings (SSSR count). The van der Waals surface area contributed by atoms with E-state index in [1.165, 1.54) is 0 Å². The van der Waals surface area contributed by atoms with Crippen molar-refractivity contribution in [2.75, 3.05) is 17.7 Å². The van der Waals surface area contributed by atoms with Crippen molar-refractivity contribution in [1.82, 2.24) is 0 Å². The van der Waals surface area contributed by atoms with E-state index in [4.69, 9.17) is 17.3 Å². The number of amides is 1. The maximum Gasteiger partial charge on any atom is 0.258 e. The summed E-state index contributed by atoms with van der Waals surface area (Å²) < 4.78 is 0. The number of para-hydroxylation sites is 1. The maximum atomic E-state index is 12.2. The Kier molecular flexibility index (Phi) is 3.53. The molecule has 0 fully saturated rings. The molecular formula is C14H13ClN2O. The zero-order valence-electron chi connectivity index (χ0n) is 9.93. The molecule has 0 saturated carbocycles. The number of nitrogens with two attached hydrogens (primary N) is 1. The molecule has 0 aliphatic heterocycles. The molecule has 0 aliphatic carbocycles. The topological polar surface area (TPSA) is 46.3 Å². The highest BCUT2D eigenvalue weighted by molar-refractivity contribution is 6.33. The van der Waals surface area contributed by atoms with Gasteiger partial charge in [-0.1, -0.05) is 29.8 Å². The van der Waals surface area contributed by atoms with Crippen molar-refractivity contribution in [3.63, 3.8) is 0 Å². The number of nitrogens with zero attached hydrogens (tertiary/aromatic N) is 1. The maximum absolute atomic E-state index is 12.2. The largest absolute Gasteiger partial charge is 0.398 e. The van der Waals surface area contributed by atoms with Crippen LogP contribution < -0.4 is 10.6 Å². The number of halogens is 1. The summed E-state index contributed by atoms with van der Waals surface area (Å²) in [5, 5.41) is 0.453. The number of hydrogen-bond acceptors (Lipinski definition) is 2. The van der Waals surface area contributed by atoms with Gasteiger partial charge in [0.25, 0.3) is 5.91 Å². The number of benzene rings is 2. The van der Waals surface area contributed by atoms with Crippen LogP contribution in [0, 0.1) is 0 Å². The average molecular weight is 261 g/mol. The Labute approximate surface area is 111 Å². The Hall–Kier alpha value is -2.00. The summed E-state index contributed by atoms with van der Waals surface area (Å²) in [4.78, 5) is 13.8. The molecule has 0 spiro atoms. The van der Waals surface area contributed by atoms with Gasteiger partial charge in [0.1, 0.15) is 0 Å². The smallest absolute Gasteiger partial charge is 0.258 e. The quantitative estimate of drug-likeness (QED) is 0.843. The van der Waals surface area contributed by atoms with Crippen LogP contribution in [0.3, 0.4) is 0 Å². The number of hydrogen-bond donors (Lipinski definition) is 1. The molecular weight excluding hydrogens is 248 g/mol. The van der Waals surface area contributed by atoms with Gasteiger partial charge in [-0.25, -0.2) is 0 Å². The molecule has 2 aromatic rings. The normalized spacial score (nSPS) is 10.1. The van der Waals surface area contributed by atoms with E-state index in [-0.39, 0.29) is 5.91 Å². The fourth-order valence-electron chi connectivity index (χ4n) is 1.64. The van der Waals surface area contributed by atoms with Crippen molar-refractivity contribution in [2.24, 2.45) is 0 Å². The summed E-state index contributed by atoms with van der Waals surface area (Å²) in [7, 11) is 1.72. The summed E-state index contributed by atoms with van der Waals surface area (Å²) in [6.07, 6.45) is 0. The lowest BCUT2D eigenvalue weighted by Gasteiger charge is -2.17. The van der Waals surface area contributed by atoms with Gasteiger partial charge in [0.05, 0.1) is 10.7 Å². The van der Waals surface area contributed by atoms with Crippen LogP contribution in [0.5, 0.6) is 0 Å². The first-order chi connectivity index (χ1) is 8.59. The van der Waals surface area contributed by atoms with Gasteiger partial charge in [-0.2, -0.15) is 0 Å². The summed E-state index contributed by atoms with van der Waals surface area (Å²) in [6, 6.07) is 14.3. The fraction of sp³-hybridized carbons (Fsp3) is 0.0714. The fourth-order valence-corrected chi connectivity index (χ4v) is 1.76. The monoisotopic (exact) mass is 260 g/mol. The van der Waals surface area contributed by atoms with E-state index in [1.54, 1.807) is 30.1 Å². The molecule has 4 heteroatoms.